The summed E-state index contributed by atoms with van der Waals surface area (Å²) in [6.45, 7) is 0. The molecule has 1 fully saturated rings. The number of thiazole rings is 1. The van der Waals surface area contributed by atoms with Crippen molar-refractivity contribution in [3.05, 3.63) is 23.3 Å². The summed E-state index contributed by atoms with van der Waals surface area (Å²) < 4.78 is 0. The number of hydrogen-bond acceptors (Lipinski definition) is 4. The molecule has 2 aromatic rings. The molecule has 4 heteroatoms. The van der Waals surface area contributed by atoms with Crippen molar-refractivity contribution in [1.29, 1.82) is 0 Å². The van der Waals surface area contributed by atoms with Crippen LogP contribution in [0.15, 0.2) is 18.3 Å². The van der Waals surface area contributed by atoms with Crippen LogP contribution in [0.2, 0.25) is 0 Å². The Morgan fingerprint density at radius 1 is 1.33 bits per heavy atom. The fraction of sp³-hybridized carbons (Fsp3) is 0.455. The van der Waals surface area contributed by atoms with E-state index >= 15 is 0 Å². The minimum absolute atomic E-state index is 0.175. The highest BCUT2D eigenvalue weighted by atomic mass is 32.1. The van der Waals surface area contributed by atoms with Crippen molar-refractivity contribution in [2.75, 3.05) is 0 Å². The molecule has 0 atom stereocenters. The molecule has 0 radical (unpaired) electrons. The van der Waals surface area contributed by atoms with Crippen LogP contribution in [0.3, 0.4) is 0 Å². The van der Waals surface area contributed by atoms with E-state index in [2.05, 4.69) is 9.97 Å². The maximum atomic E-state index is 6.36. The van der Waals surface area contributed by atoms with E-state index in [4.69, 9.17) is 5.73 Å². The van der Waals surface area contributed by atoms with E-state index in [-0.39, 0.29) is 5.54 Å². The molecular formula is C11H13N3S. The lowest BCUT2D eigenvalue weighted by Crippen LogP contribution is -2.32. The smallest absolute Gasteiger partial charge is 0.143 e. The van der Waals surface area contributed by atoms with Crippen molar-refractivity contribution in [3.63, 3.8) is 0 Å². The van der Waals surface area contributed by atoms with Gasteiger partial charge in [0.25, 0.3) is 0 Å². The number of aromatic nitrogens is 2. The SMILES string of the molecule is NC1(c2nc3cccnc3s2)CCCC1. The average Bonchev–Trinajstić information content (AvgIpc) is 2.84. The summed E-state index contributed by atoms with van der Waals surface area (Å²) >= 11 is 1.65. The van der Waals surface area contributed by atoms with Crippen LogP contribution in [0.4, 0.5) is 0 Å². The van der Waals surface area contributed by atoms with Crippen molar-refractivity contribution in [2.45, 2.75) is 31.2 Å². The summed E-state index contributed by atoms with van der Waals surface area (Å²) in [6.07, 6.45) is 6.38. The van der Waals surface area contributed by atoms with Gasteiger partial charge in [-0.05, 0) is 25.0 Å². The summed E-state index contributed by atoms with van der Waals surface area (Å²) in [4.78, 5) is 9.91. The maximum Gasteiger partial charge on any atom is 0.143 e. The van der Waals surface area contributed by atoms with Crippen LogP contribution < -0.4 is 5.73 Å². The number of pyridine rings is 1. The molecule has 15 heavy (non-hydrogen) atoms. The third-order valence-electron chi connectivity index (χ3n) is 3.09. The van der Waals surface area contributed by atoms with Gasteiger partial charge in [0, 0.05) is 6.20 Å². The van der Waals surface area contributed by atoms with Crippen LogP contribution in [0.1, 0.15) is 30.7 Å². The normalized spacial score (nSPS) is 19.8. The Labute approximate surface area is 92.4 Å². The second-order valence-electron chi connectivity index (χ2n) is 4.21. The average molecular weight is 219 g/mol. The number of fused-ring (bicyclic) bond motifs is 1. The van der Waals surface area contributed by atoms with Crippen LogP contribution in [0, 0.1) is 0 Å². The highest BCUT2D eigenvalue weighted by Crippen LogP contribution is 2.39. The van der Waals surface area contributed by atoms with Crippen molar-refractivity contribution < 1.29 is 0 Å². The standard InChI is InChI=1S/C11H13N3S/c12-11(5-1-2-6-11)10-14-8-4-3-7-13-9(8)15-10/h3-4,7H,1-2,5-6,12H2. The predicted octanol–water partition coefficient (Wildman–Crippen LogP) is 2.42. The molecule has 3 rings (SSSR count). The summed E-state index contributed by atoms with van der Waals surface area (Å²) in [6, 6.07) is 3.92. The quantitative estimate of drug-likeness (QED) is 0.801. The second-order valence-corrected chi connectivity index (χ2v) is 5.19. The molecule has 0 aliphatic heterocycles. The Morgan fingerprint density at radius 2 is 2.13 bits per heavy atom. The first-order valence-corrected chi connectivity index (χ1v) is 6.10. The lowest BCUT2D eigenvalue weighted by molar-refractivity contribution is 0.460. The molecule has 0 bridgehead atoms. The summed E-state index contributed by atoms with van der Waals surface area (Å²) in [5.41, 5.74) is 7.17. The Morgan fingerprint density at radius 3 is 2.87 bits per heavy atom. The molecule has 0 spiro atoms. The van der Waals surface area contributed by atoms with E-state index in [1.807, 2.05) is 18.3 Å². The summed E-state index contributed by atoms with van der Waals surface area (Å²) in [7, 11) is 0. The molecule has 0 saturated heterocycles. The number of nitrogens with two attached hydrogens (primary N) is 1. The van der Waals surface area contributed by atoms with E-state index in [1.54, 1.807) is 11.3 Å². The molecule has 1 aliphatic carbocycles. The fourth-order valence-electron chi connectivity index (χ4n) is 2.20. The van der Waals surface area contributed by atoms with E-state index in [0.29, 0.717) is 0 Å². The zero-order valence-corrected chi connectivity index (χ0v) is 9.26. The van der Waals surface area contributed by atoms with Gasteiger partial charge in [-0.25, -0.2) is 9.97 Å². The van der Waals surface area contributed by atoms with Crippen LogP contribution >= 0.6 is 11.3 Å². The van der Waals surface area contributed by atoms with Gasteiger partial charge >= 0.3 is 0 Å². The highest BCUT2D eigenvalue weighted by molar-refractivity contribution is 7.18. The largest absolute Gasteiger partial charge is 0.319 e. The van der Waals surface area contributed by atoms with Gasteiger partial charge < -0.3 is 5.73 Å². The summed E-state index contributed by atoms with van der Waals surface area (Å²) in [5.74, 6) is 0. The van der Waals surface area contributed by atoms with Gasteiger partial charge in [-0.15, -0.1) is 0 Å². The van der Waals surface area contributed by atoms with Crippen molar-refractivity contribution >= 4 is 21.7 Å². The molecule has 78 valence electrons. The third-order valence-corrected chi connectivity index (χ3v) is 4.29. The van der Waals surface area contributed by atoms with Gasteiger partial charge in [0.05, 0.1) is 5.54 Å². The monoisotopic (exact) mass is 219 g/mol. The molecule has 0 aromatic carbocycles. The van der Waals surface area contributed by atoms with Crippen molar-refractivity contribution in [2.24, 2.45) is 5.73 Å². The van der Waals surface area contributed by atoms with Crippen LogP contribution in [-0.4, -0.2) is 9.97 Å². The zero-order chi connectivity index (χ0) is 10.3. The number of rotatable bonds is 1. The molecule has 0 amide bonds. The van der Waals surface area contributed by atoms with E-state index < -0.39 is 0 Å². The van der Waals surface area contributed by atoms with Gasteiger partial charge in [-0.1, -0.05) is 24.2 Å². The molecule has 2 aromatic heterocycles. The molecule has 3 nitrogen and oxygen atoms in total. The van der Waals surface area contributed by atoms with Gasteiger partial charge in [-0.3, -0.25) is 0 Å². The predicted molar refractivity (Wildman–Crippen MR) is 61.7 cm³/mol. The number of nitrogens with zero attached hydrogens (tertiary/aromatic N) is 2. The van der Waals surface area contributed by atoms with Gasteiger partial charge in [0.2, 0.25) is 0 Å². The zero-order valence-electron chi connectivity index (χ0n) is 8.44. The molecular weight excluding hydrogens is 206 g/mol. The number of hydrogen-bond donors (Lipinski definition) is 1. The first-order chi connectivity index (χ1) is 7.28. The Hall–Kier alpha value is -1.00. The molecule has 1 aliphatic rings. The first-order valence-electron chi connectivity index (χ1n) is 5.29. The molecule has 2 heterocycles. The van der Waals surface area contributed by atoms with Crippen LogP contribution in [-0.2, 0) is 5.54 Å². The Balaban J connectivity index is 2.11. The van der Waals surface area contributed by atoms with Gasteiger partial charge in [-0.2, -0.15) is 0 Å². The first kappa shape index (κ1) is 9.24. The van der Waals surface area contributed by atoms with E-state index in [1.165, 1.54) is 12.8 Å². The highest BCUT2D eigenvalue weighted by Gasteiger charge is 2.34. The lowest BCUT2D eigenvalue weighted by atomic mass is 10.0. The van der Waals surface area contributed by atoms with Gasteiger partial charge in [0.1, 0.15) is 15.4 Å². The maximum absolute atomic E-state index is 6.36. The molecule has 2 N–H and O–H groups in total. The molecule has 0 unspecified atom stereocenters. The minimum Gasteiger partial charge on any atom is -0.319 e. The van der Waals surface area contributed by atoms with Crippen molar-refractivity contribution in [3.8, 4) is 0 Å². The van der Waals surface area contributed by atoms with E-state index in [9.17, 15) is 0 Å². The Bertz CT molecular complexity index is 452. The Kier molecular flexibility index (Phi) is 2.00. The van der Waals surface area contributed by atoms with E-state index in [0.717, 1.165) is 28.2 Å². The molecule has 1 saturated carbocycles. The second kappa shape index (κ2) is 3.25. The third kappa shape index (κ3) is 1.44. The van der Waals surface area contributed by atoms with Crippen molar-refractivity contribution in [1.82, 2.24) is 9.97 Å². The van der Waals surface area contributed by atoms with Gasteiger partial charge in [0.15, 0.2) is 0 Å². The lowest BCUT2D eigenvalue weighted by Gasteiger charge is -2.19. The van der Waals surface area contributed by atoms with Crippen LogP contribution in [0.25, 0.3) is 10.3 Å². The summed E-state index contributed by atoms with van der Waals surface area (Å²) in [5, 5.41) is 1.06. The topological polar surface area (TPSA) is 51.8 Å². The van der Waals surface area contributed by atoms with Crippen LogP contribution in [0.5, 0.6) is 0 Å². The minimum atomic E-state index is -0.175. The fourth-order valence-corrected chi connectivity index (χ4v) is 3.27.